The summed E-state index contributed by atoms with van der Waals surface area (Å²) in [5, 5.41) is 9.81. The molecule has 1 heterocycles. The summed E-state index contributed by atoms with van der Waals surface area (Å²) in [7, 11) is 0. The first-order valence-corrected chi connectivity index (χ1v) is 8.02. The van der Waals surface area contributed by atoms with E-state index in [9.17, 15) is 5.11 Å². The van der Waals surface area contributed by atoms with Crippen molar-refractivity contribution < 1.29 is 10.0 Å². The molecule has 3 nitrogen and oxygen atoms in total. The molecule has 114 valence electrons. The first-order valence-electron chi connectivity index (χ1n) is 8.02. The molecule has 0 radical (unpaired) electrons. The highest BCUT2D eigenvalue weighted by Crippen LogP contribution is 2.14. The van der Waals surface area contributed by atoms with Crippen LogP contribution in [0.5, 0.6) is 5.75 Å². The molecule has 0 aliphatic carbocycles. The van der Waals surface area contributed by atoms with E-state index in [1.54, 1.807) is 17.2 Å². The second kappa shape index (κ2) is 7.23. The number of nitrogens with zero attached hydrogens (tertiary/aromatic N) is 1. The standard InChI is InChI=1S/C19H22N2O/c22-19-11-5-4-10-17(19)14-20-15-18(21-12-6-7-13-21)16-8-2-1-3-9-16/h1-5,8-11,14,18,22H,6-7,12-13,15H2/p+1/t18-/m1/s1. The molecule has 0 aromatic heterocycles. The third-order valence-electron chi connectivity index (χ3n) is 4.40. The van der Waals surface area contributed by atoms with Crippen molar-refractivity contribution in [3.63, 3.8) is 0 Å². The lowest BCUT2D eigenvalue weighted by molar-refractivity contribution is -0.918. The van der Waals surface area contributed by atoms with E-state index >= 15 is 0 Å². The molecule has 0 saturated carbocycles. The van der Waals surface area contributed by atoms with Crippen LogP contribution in [-0.2, 0) is 0 Å². The maximum atomic E-state index is 9.81. The van der Waals surface area contributed by atoms with E-state index in [4.69, 9.17) is 0 Å². The van der Waals surface area contributed by atoms with Crippen LogP contribution >= 0.6 is 0 Å². The minimum Gasteiger partial charge on any atom is -0.507 e. The van der Waals surface area contributed by atoms with Gasteiger partial charge in [-0.3, -0.25) is 4.99 Å². The molecular weight excluding hydrogens is 272 g/mol. The Hall–Kier alpha value is -2.13. The number of quaternary nitrogens is 1. The summed E-state index contributed by atoms with van der Waals surface area (Å²) in [5.41, 5.74) is 2.14. The predicted octanol–water partition coefficient (Wildman–Crippen LogP) is 2.23. The fourth-order valence-electron chi connectivity index (χ4n) is 3.19. The van der Waals surface area contributed by atoms with E-state index in [0.29, 0.717) is 6.04 Å². The van der Waals surface area contributed by atoms with Crippen molar-refractivity contribution in [3.05, 3.63) is 65.7 Å². The van der Waals surface area contributed by atoms with Crippen molar-refractivity contribution in [2.45, 2.75) is 18.9 Å². The molecule has 1 aliphatic heterocycles. The Morgan fingerprint density at radius 1 is 1.00 bits per heavy atom. The second-order valence-corrected chi connectivity index (χ2v) is 5.88. The summed E-state index contributed by atoms with van der Waals surface area (Å²) in [4.78, 5) is 6.24. The van der Waals surface area contributed by atoms with E-state index < -0.39 is 0 Å². The average molecular weight is 295 g/mol. The summed E-state index contributed by atoms with van der Waals surface area (Å²) in [6, 6.07) is 18.4. The molecule has 2 N–H and O–H groups in total. The van der Waals surface area contributed by atoms with Crippen LogP contribution in [0.3, 0.4) is 0 Å². The number of benzene rings is 2. The number of phenols is 1. The number of aromatic hydroxyl groups is 1. The molecule has 1 aliphatic rings. The molecule has 1 atom stereocenters. The summed E-state index contributed by atoms with van der Waals surface area (Å²) in [6.45, 7) is 3.21. The molecule has 1 fully saturated rings. The van der Waals surface area contributed by atoms with Gasteiger partial charge in [-0.25, -0.2) is 0 Å². The Balaban J connectivity index is 1.74. The molecule has 22 heavy (non-hydrogen) atoms. The van der Waals surface area contributed by atoms with Crippen molar-refractivity contribution in [2.24, 2.45) is 4.99 Å². The average Bonchev–Trinajstić information content (AvgIpc) is 3.08. The van der Waals surface area contributed by atoms with Crippen LogP contribution in [0.15, 0.2) is 59.6 Å². The topological polar surface area (TPSA) is 37.0 Å². The SMILES string of the molecule is Oc1ccccc1C=NC[C@H](c1ccccc1)[NH+]1CCCC1. The molecule has 2 aromatic carbocycles. The first-order chi connectivity index (χ1) is 10.8. The minimum atomic E-state index is 0.288. The number of nitrogens with one attached hydrogen (secondary N) is 1. The Labute approximate surface area is 131 Å². The Morgan fingerprint density at radius 3 is 2.41 bits per heavy atom. The lowest BCUT2D eigenvalue weighted by Crippen LogP contribution is -3.10. The second-order valence-electron chi connectivity index (χ2n) is 5.88. The van der Waals surface area contributed by atoms with E-state index in [1.807, 2.05) is 18.2 Å². The number of para-hydroxylation sites is 1. The van der Waals surface area contributed by atoms with Crippen molar-refractivity contribution in [3.8, 4) is 5.75 Å². The zero-order chi connectivity index (χ0) is 15.2. The van der Waals surface area contributed by atoms with E-state index in [1.165, 1.54) is 31.5 Å². The van der Waals surface area contributed by atoms with Gasteiger partial charge in [-0.1, -0.05) is 42.5 Å². The highest BCUT2D eigenvalue weighted by molar-refractivity contribution is 5.83. The number of hydrogen-bond acceptors (Lipinski definition) is 2. The summed E-state index contributed by atoms with van der Waals surface area (Å²) in [6.07, 6.45) is 4.41. The molecule has 0 unspecified atom stereocenters. The molecule has 1 saturated heterocycles. The fourth-order valence-corrected chi connectivity index (χ4v) is 3.19. The van der Waals surface area contributed by atoms with Crippen molar-refractivity contribution in [1.82, 2.24) is 0 Å². The monoisotopic (exact) mass is 295 g/mol. The maximum absolute atomic E-state index is 9.81. The van der Waals surface area contributed by atoms with Crippen molar-refractivity contribution in [2.75, 3.05) is 19.6 Å². The van der Waals surface area contributed by atoms with Gasteiger partial charge < -0.3 is 10.0 Å². The van der Waals surface area contributed by atoms with Gasteiger partial charge in [-0.05, 0) is 12.1 Å². The van der Waals surface area contributed by atoms with Gasteiger partial charge in [-0.15, -0.1) is 0 Å². The number of phenolic OH excluding ortho intramolecular Hbond substituents is 1. The zero-order valence-electron chi connectivity index (χ0n) is 12.8. The highest BCUT2D eigenvalue weighted by Gasteiger charge is 2.26. The summed E-state index contributed by atoms with van der Waals surface area (Å²) < 4.78 is 0. The van der Waals surface area contributed by atoms with E-state index in [2.05, 4.69) is 35.3 Å². The van der Waals surface area contributed by atoms with E-state index in [0.717, 1.165) is 12.1 Å². The fraction of sp³-hybridized carbons (Fsp3) is 0.316. The molecule has 0 spiro atoms. The number of hydrogen-bond donors (Lipinski definition) is 2. The Bertz CT molecular complexity index is 618. The Kier molecular flexibility index (Phi) is 4.86. The van der Waals surface area contributed by atoms with Gasteiger partial charge in [0.05, 0.1) is 19.6 Å². The number of aliphatic imine (C=N–C) groups is 1. The quantitative estimate of drug-likeness (QED) is 0.816. The van der Waals surface area contributed by atoms with Crippen molar-refractivity contribution in [1.29, 1.82) is 0 Å². The van der Waals surface area contributed by atoms with Crippen LogP contribution in [-0.4, -0.2) is 31.0 Å². The van der Waals surface area contributed by atoms with Gasteiger partial charge in [0.25, 0.3) is 0 Å². The lowest BCUT2D eigenvalue weighted by Gasteiger charge is -2.23. The van der Waals surface area contributed by atoms with Gasteiger partial charge in [0, 0.05) is 30.2 Å². The maximum Gasteiger partial charge on any atom is 0.133 e. The molecule has 2 aromatic rings. The third kappa shape index (κ3) is 3.55. The van der Waals surface area contributed by atoms with Crippen LogP contribution in [0, 0.1) is 0 Å². The number of rotatable bonds is 5. The third-order valence-corrected chi connectivity index (χ3v) is 4.40. The normalized spacial score (nSPS) is 17.1. The van der Waals surface area contributed by atoms with Crippen LogP contribution in [0.1, 0.15) is 30.0 Å². The van der Waals surface area contributed by atoms with Crippen LogP contribution in [0.25, 0.3) is 0 Å². The molecule has 3 heteroatoms. The minimum absolute atomic E-state index is 0.288. The molecule has 0 amide bonds. The Morgan fingerprint density at radius 2 is 1.68 bits per heavy atom. The molecule has 3 rings (SSSR count). The van der Waals surface area contributed by atoms with Gasteiger partial charge in [0.2, 0.25) is 0 Å². The summed E-state index contributed by atoms with van der Waals surface area (Å²) in [5.74, 6) is 0.288. The smallest absolute Gasteiger partial charge is 0.133 e. The lowest BCUT2D eigenvalue weighted by atomic mass is 10.1. The zero-order valence-corrected chi connectivity index (χ0v) is 12.8. The van der Waals surface area contributed by atoms with Crippen LogP contribution < -0.4 is 4.90 Å². The van der Waals surface area contributed by atoms with Crippen LogP contribution in [0.4, 0.5) is 0 Å². The summed E-state index contributed by atoms with van der Waals surface area (Å²) >= 11 is 0. The van der Waals surface area contributed by atoms with Gasteiger partial charge in [0.15, 0.2) is 0 Å². The van der Waals surface area contributed by atoms with Crippen LogP contribution in [0.2, 0.25) is 0 Å². The van der Waals surface area contributed by atoms with Gasteiger partial charge in [-0.2, -0.15) is 0 Å². The number of likely N-dealkylation sites (tertiary alicyclic amines) is 1. The molecule has 0 bridgehead atoms. The van der Waals surface area contributed by atoms with Gasteiger partial charge in [0.1, 0.15) is 11.8 Å². The largest absolute Gasteiger partial charge is 0.507 e. The van der Waals surface area contributed by atoms with Gasteiger partial charge >= 0.3 is 0 Å². The first kappa shape index (κ1) is 14.8. The molecular formula is C19H23N2O+. The predicted molar refractivity (Wildman–Crippen MR) is 89.7 cm³/mol. The highest BCUT2D eigenvalue weighted by atomic mass is 16.3. The van der Waals surface area contributed by atoms with Crippen molar-refractivity contribution >= 4 is 6.21 Å². The van der Waals surface area contributed by atoms with E-state index in [-0.39, 0.29) is 5.75 Å².